The summed E-state index contributed by atoms with van der Waals surface area (Å²) < 4.78 is 46.8. The Morgan fingerprint density at radius 3 is 2.06 bits per heavy atom. The van der Waals surface area contributed by atoms with E-state index in [1.165, 1.54) is 0 Å². The molecule has 0 saturated carbocycles. The predicted octanol–water partition coefficient (Wildman–Crippen LogP) is -0.661. The molecule has 0 fully saturated rings. The fourth-order valence-electron chi connectivity index (χ4n) is 1.04. The van der Waals surface area contributed by atoms with Crippen LogP contribution in [-0.2, 0) is 19.9 Å². The van der Waals surface area contributed by atoms with Gasteiger partial charge in [0, 0.05) is 18.8 Å². The molecule has 0 rings (SSSR count). The average Bonchev–Trinajstić information content (AvgIpc) is 2.13. The molecule has 0 saturated heterocycles. The van der Waals surface area contributed by atoms with Crippen LogP contribution in [0.25, 0.3) is 0 Å². The lowest BCUT2D eigenvalue weighted by Gasteiger charge is -2.08. The van der Waals surface area contributed by atoms with Crippen molar-refractivity contribution >= 4 is 19.9 Å². The average molecular weight is 286 g/mol. The van der Waals surface area contributed by atoms with Crippen molar-refractivity contribution in [3.05, 3.63) is 0 Å². The van der Waals surface area contributed by atoms with Crippen molar-refractivity contribution in [2.75, 3.05) is 30.9 Å². The second-order valence-electron chi connectivity index (χ2n) is 4.31. The summed E-state index contributed by atoms with van der Waals surface area (Å²) in [5.74, 6) is -0.712. The highest BCUT2D eigenvalue weighted by atomic mass is 32.2. The zero-order valence-corrected chi connectivity index (χ0v) is 12.2. The summed E-state index contributed by atoms with van der Waals surface area (Å²) in [6.07, 6.45) is 1.70. The molecule has 0 aliphatic heterocycles. The van der Waals surface area contributed by atoms with E-state index >= 15 is 0 Å². The normalized spacial score (nSPS) is 13.2. The summed E-state index contributed by atoms with van der Waals surface area (Å²) in [6.45, 7) is 5.07. The minimum atomic E-state index is -3.47. The van der Waals surface area contributed by atoms with Gasteiger partial charge in [0.1, 0.15) is 9.84 Å². The smallest absolute Gasteiger partial charge is 0.212 e. The Bertz CT molecular complexity index is 401. The molecule has 0 radical (unpaired) electrons. The van der Waals surface area contributed by atoms with E-state index in [-0.39, 0.29) is 11.5 Å². The van der Waals surface area contributed by atoms with Gasteiger partial charge >= 0.3 is 0 Å². The molecular weight excluding hydrogens is 264 g/mol. The zero-order valence-electron chi connectivity index (χ0n) is 10.6. The van der Waals surface area contributed by atoms with E-state index in [4.69, 9.17) is 0 Å². The van der Waals surface area contributed by atoms with Gasteiger partial charge in [0.05, 0.1) is 11.5 Å². The number of rotatable bonds is 9. The van der Waals surface area contributed by atoms with Crippen molar-refractivity contribution in [3.63, 3.8) is 0 Å². The van der Waals surface area contributed by atoms with Crippen LogP contribution >= 0.6 is 0 Å². The highest BCUT2D eigenvalue weighted by Crippen LogP contribution is 1.90. The van der Waals surface area contributed by atoms with Gasteiger partial charge in [-0.1, -0.05) is 13.8 Å². The first-order valence-corrected chi connectivity index (χ1v) is 9.22. The van der Waals surface area contributed by atoms with Crippen molar-refractivity contribution in [1.29, 1.82) is 0 Å². The Morgan fingerprint density at radius 2 is 1.59 bits per heavy atom. The van der Waals surface area contributed by atoms with Crippen LogP contribution in [0.2, 0.25) is 0 Å². The summed E-state index contributed by atoms with van der Waals surface area (Å²) in [6, 6.07) is 0.372. The molecule has 0 aliphatic carbocycles. The third-order valence-corrected chi connectivity index (χ3v) is 4.54. The Hall–Kier alpha value is -0.180. The summed E-state index contributed by atoms with van der Waals surface area (Å²) in [5, 5.41) is 3.16. The first kappa shape index (κ1) is 16.8. The lowest BCUT2D eigenvalue weighted by Crippen LogP contribution is -2.32. The fourth-order valence-corrected chi connectivity index (χ4v) is 3.73. The van der Waals surface area contributed by atoms with Gasteiger partial charge in [-0.2, -0.15) is 0 Å². The molecule has 0 unspecified atom stereocenters. The van der Waals surface area contributed by atoms with Gasteiger partial charge in [0.15, 0.2) is 0 Å². The Kier molecular flexibility index (Phi) is 7.22. The van der Waals surface area contributed by atoms with Gasteiger partial charge in [-0.15, -0.1) is 0 Å². The van der Waals surface area contributed by atoms with Crippen molar-refractivity contribution in [3.8, 4) is 0 Å². The number of sulfonamides is 1. The monoisotopic (exact) mass is 286 g/mol. The molecule has 0 bridgehead atoms. The molecule has 2 N–H and O–H groups in total. The van der Waals surface area contributed by atoms with Crippen LogP contribution in [0.3, 0.4) is 0 Å². The number of hydrogen-bond donors (Lipinski definition) is 2. The summed E-state index contributed by atoms with van der Waals surface area (Å²) in [4.78, 5) is 0. The molecule has 8 heteroatoms. The van der Waals surface area contributed by atoms with Crippen LogP contribution in [0.4, 0.5) is 0 Å². The lowest BCUT2D eigenvalue weighted by molar-refractivity contribution is 0.554. The highest BCUT2D eigenvalue weighted by Gasteiger charge is 2.13. The molecule has 104 valence electrons. The fraction of sp³-hybridized carbons (Fsp3) is 1.00. The van der Waals surface area contributed by atoms with Crippen molar-refractivity contribution in [2.24, 2.45) is 0 Å². The number of nitrogens with one attached hydrogen (secondary N) is 2. The first-order valence-electron chi connectivity index (χ1n) is 5.51. The van der Waals surface area contributed by atoms with E-state index in [2.05, 4.69) is 10.0 Å². The van der Waals surface area contributed by atoms with E-state index in [1.807, 2.05) is 13.8 Å². The van der Waals surface area contributed by atoms with Crippen molar-refractivity contribution in [1.82, 2.24) is 10.0 Å². The molecule has 0 atom stereocenters. The Balaban J connectivity index is 3.80. The first-order chi connectivity index (χ1) is 7.62. The third-order valence-electron chi connectivity index (χ3n) is 1.95. The van der Waals surface area contributed by atoms with Crippen LogP contribution in [0.1, 0.15) is 20.3 Å². The second kappa shape index (κ2) is 7.30. The number of hydrogen-bond acceptors (Lipinski definition) is 5. The van der Waals surface area contributed by atoms with Gasteiger partial charge in [-0.3, -0.25) is 0 Å². The highest BCUT2D eigenvalue weighted by molar-refractivity contribution is 7.93. The molecular formula is C9H22N2O4S2. The van der Waals surface area contributed by atoms with Crippen LogP contribution in [0.5, 0.6) is 0 Å². The maximum atomic E-state index is 11.4. The molecule has 0 aromatic carbocycles. The van der Waals surface area contributed by atoms with E-state index < -0.39 is 19.9 Å². The Labute approximate surface area is 104 Å². The number of sulfone groups is 1. The largest absolute Gasteiger partial charge is 0.314 e. The molecule has 0 heterocycles. The van der Waals surface area contributed by atoms with Crippen molar-refractivity contribution < 1.29 is 16.8 Å². The van der Waals surface area contributed by atoms with Crippen LogP contribution in [0, 0.1) is 0 Å². The standard InChI is InChI=1S/C9H22N2O4S2/c1-9(2)10-5-4-6-11-17(14,15)8-7-16(3,12)13/h9-11H,4-8H2,1-3H3. The summed E-state index contributed by atoms with van der Waals surface area (Å²) in [5.41, 5.74) is 0. The minimum Gasteiger partial charge on any atom is -0.314 e. The molecule has 0 aromatic heterocycles. The van der Waals surface area contributed by atoms with Gasteiger partial charge in [-0.25, -0.2) is 21.6 Å². The predicted molar refractivity (Wildman–Crippen MR) is 69.3 cm³/mol. The van der Waals surface area contributed by atoms with Crippen LogP contribution < -0.4 is 10.0 Å². The van der Waals surface area contributed by atoms with E-state index in [0.717, 1.165) is 12.8 Å². The molecule has 0 aliphatic rings. The summed E-state index contributed by atoms with van der Waals surface area (Å²) in [7, 11) is -6.71. The Morgan fingerprint density at radius 1 is 1.00 bits per heavy atom. The lowest BCUT2D eigenvalue weighted by atomic mass is 10.3. The van der Waals surface area contributed by atoms with Crippen molar-refractivity contribution in [2.45, 2.75) is 26.3 Å². The topological polar surface area (TPSA) is 92.3 Å². The van der Waals surface area contributed by atoms with Gasteiger partial charge < -0.3 is 5.32 Å². The van der Waals surface area contributed by atoms with Gasteiger partial charge in [-0.05, 0) is 13.0 Å². The summed E-state index contributed by atoms with van der Waals surface area (Å²) >= 11 is 0. The van der Waals surface area contributed by atoms with E-state index in [1.54, 1.807) is 0 Å². The van der Waals surface area contributed by atoms with E-state index in [0.29, 0.717) is 19.0 Å². The quantitative estimate of drug-likeness (QED) is 0.549. The SMILES string of the molecule is CC(C)NCCCNS(=O)(=O)CCS(C)(=O)=O. The van der Waals surface area contributed by atoms with Crippen LogP contribution in [-0.4, -0.2) is 53.7 Å². The molecule has 0 amide bonds. The maximum absolute atomic E-state index is 11.4. The minimum absolute atomic E-state index is 0.325. The molecule has 17 heavy (non-hydrogen) atoms. The van der Waals surface area contributed by atoms with Gasteiger partial charge in [0.25, 0.3) is 0 Å². The molecule has 0 aromatic rings. The third kappa shape index (κ3) is 12.1. The van der Waals surface area contributed by atoms with E-state index in [9.17, 15) is 16.8 Å². The zero-order chi connectivity index (χ0) is 13.5. The molecule has 6 nitrogen and oxygen atoms in total. The maximum Gasteiger partial charge on any atom is 0.212 e. The second-order valence-corrected chi connectivity index (χ2v) is 8.49. The molecule has 0 spiro atoms. The van der Waals surface area contributed by atoms with Crippen LogP contribution in [0.15, 0.2) is 0 Å². The van der Waals surface area contributed by atoms with Gasteiger partial charge in [0.2, 0.25) is 10.0 Å².